The Morgan fingerprint density at radius 3 is 2.51 bits per heavy atom. The first-order valence-corrected chi connectivity index (χ1v) is 11.6. The van der Waals surface area contributed by atoms with Crippen LogP contribution in [0.2, 0.25) is 0 Å². The van der Waals surface area contributed by atoms with Gasteiger partial charge in [-0.05, 0) is 54.8 Å². The van der Waals surface area contributed by atoms with Crippen molar-refractivity contribution < 1.29 is 36.1 Å². The first-order chi connectivity index (χ1) is 16.4. The molecule has 1 amide bonds. The normalized spacial score (nSPS) is 18.5. The van der Waals surface area contributed by atoms with Crippen molar-refractivity contribution in [2.24, 2.45) is 0 Å². The molecule has 1 saturated carbocycles. The van der Waals surface area contributed by atoms with E-state index in [2.05, 4.69) is 35.6 Å². The number of amides is 1. The van der Waals surface area contributed by atoms with Gasteiger partial charge in [0.25, 0.3) is 0 Å². The third-order valence-corrected chi connectivity index (χ3v) is 6.67. The van der Waals surface area contributed by atoms with Gasteiger partial charge in [-0.25, -0.2) is 0 Å². The van der Waals surface area contributed by atoms with E-state index >= 15 is 0 Å². The highest BCUT2D eigenvalue weighted by Gasteiger charge is 2.52. The van der Waals surface area contributed by atoms with E-state index in [4.69, 9.17) is 0 Å². The molecule has 7 nitrogen and oxygen atoms in total. The van der Waals surface area contributed by atoms with Gasteiger partial charge in [0, 0.05) is 30.6 Å². The highest BCUT2D eigenvalue weighted by Crippen LogP contribution is 2.52. The predicted octanol–water partition coefficient (Wildman–Crippen LogP) is 4.78. The minimum absolute atomic E-state index is 0. The fourth-order valence-electron chi connectivity index (χ4n) is 4.70. The summed E-state index contributed by atoms with van der Waals surface area (Å²) in [6.07, 6.45) is -3.39. The van der Waals surface area contributed by atoms with Gasteiger partial charge in [-0.3, -0.25) is 4.79 Å². The van der Waals surface area contributed by atoms with E-state index in [0.717, 1.165) is 16.6 Å². The van der Waals surface area contributed by atoms with Crippen molar-refractivity contribution in [1.82, 2.24) is 4.57 Å². The molecule has 2 aromatic carbocycles. The zero-order valence-electron chi connectivity index (χ0n) is 19.8. The lowest BCUT2D eigenvalue weighted by atomic mass is 9.92. The number of nitrogens with one attached hydrogen (secondary N) is 1. The molecule has 5 rings (SSSR count). The second kappa shape index (κ2) is 7.93. The Kier molecular flexibility index (Phi) is 5.34. The van der Waals surface area contributed by atoms with E-state index in [1.807, 2.05) is 22.8 Å². The zero-order valence-corrected chi connectivity index (χ0v) is 19.8. The Bertz CT molecular complexity index is 1320. The predicted molar refractivity (Wildman–Crippen MR) is 130 cm³/mol. The van der Waals surface area contributed by atoms with Gasteiger partial charge in [-0.15, -0.1) is 8.78 Å². The number of alkyl halides is 2. The highest BCUT2D eigenvalue weighted by molar-refractivity contribution is 6.02. The average Bonchev–Trinajstić information content (AvgIpc) is 3.42. The molecule has 1 aromatic heterocycles. The SMILES string of the molecule is CC(C)(C)c1cc2cc(NC(=O)C3(c4ccc5c(c4)OC(F)(F)O5)CC3)ccc2n1CC(O)CO.[HH].[HH]. The maximum Gasteiger partial charge on any atom is 0.586 e. The number of hydrogen-bond acceptors (Lipinski definition) is 5. The van der Waals surface area contributed by atoms with Crippen LogP contribution in [-0.2, 0) is 22.2 Å². The number of benzene rings is 2. The second-order valence-electron chi connectivity index (χ2n) is 10.4. The summed E-state index contributed by atoms with van der Waals surface area (Å²) in [7, 11) is 0. The first kappa shape index (κ1) is 23.6. The summed E-state index contributed by atoms with van der Waals surface area (Å²) in [6, 6.07) is 12.1. The third kappa shape index (κ3) is 4.23. The number of rotatable bonds is 6. The minimum atomic E-state index is -3.70. The quantitative estimate of drug-likeness (QED) is 0.463. The summed E-state index contributed by atoms with van der Waals surface area (Å²) in [6.45, 7) is 6.14. The molecule has 2 heterocycles. The van der Waals surface area contributed by atoms with E-state index in [1.54, 1.807) is 12.1 Å². The number of hydrogen-bond donors (Lipinski definition) is 3. The number of nitrogens with zero attached hydrogens (tertiary/aromatic N) is 1. The van der Waals surface area contributed by atoms with Gasteiger partial charge in [-0.1, -0.05) is 26.8 Å². The Morgan fingerprint density at radius 1 is 1.14 bits per heavy atom. The molecule has 1 fully saturated rings. The van der Waals surface area contributed by atoms with Gasteiger partial charge >= 0.3 is 6.29 Å². The first-order valence-electron chi connectivity index (χ1n) is 11.6. The van der Waals surface area contributed by atoms with Gasteiger partial charge < -0.3 is 29.6 Å². The van der Waals surface area contributed by atoms with Crippen LogP contribution in [-0.4, -0.2) is 39.7 Å². The molecule has 190 valence electrons. The van der Waals surface area contributed by atoms with E-state index in [9.17, 15) is 23.8 Å². The van der Waals surface area contributed by atoms with Gasteiger partial charge in [0.15, 0.2) is 11.5 Å². The molecule has 3 N–H and O–H groups in total. The largest absolute Gasteiger partial charge is 0.586 e. The Labute approximate surface area is 204 Å². The molecule has 0 bridgehead atoms. The van der Waals surface area contributed by atoms with Crippen molar-refractivity contribution in [2.45, 2.75) is 63.4 Å². The summed E-state index contributed by atoms with van der Waals surface area (Å²) in [5.41, 5.74) is 2.10. The van der Waals surface area contributed by atoms with Crippen LogP contribution in [0.25, 0.3) is 10.9 Å². The van der Waals surface area contributed by atoms with E-state index in [0.29, 0.717) is 24.1 Å². The second-order valence-corrected chi connectivity index (χ2v) is 10.4. The Hall–Kier alpha value is -3.17. The summed E-state index contributed by atoms with van der Waals surface area (Å²) in [5, 5.41) is 23.3. The fourth-order valence-corrected chi connectivity index (χ4v) is 4.70. The maximum absolute atomic E-state index is 13.4. The smallest absolute Gasteiger partial charge is 0.395 e. The van der Waals surface area contributed by atoms with Crippen LogP contribution < -0.4 is 14.8 Å². The van der Waals surface area contributed by atoms with Crippen LogP contribution >= 0.6 is 0 Å². The average molecular weight is 491 g/mol. The number of aliphatic hydroxyl groups excluding tert-OH is 2. The number of ether oxygens (including phenoxy) is 2. The van der Waals surface area contributed by atoms with Crippen LogP contribution in [0.15, 0.2) is 42.5 Å². The fraction of sp³-hybridized carbons (Fsp3) is 0.423. The molecule has 1 unspecified atom stereocenters. The lowest BCUT2D eigenvalue weighted by Crippen LogP contribution is -2.28. The zero-order chi connectivity index (χ0) is 25.2. The van der Waals surface area contributed by atoms with Gasteiger partial charge in [-0.2, -0.15) is 0 Å². The lowest BCUT2D eigenvalue weighted by molar-refractivity contribution is -0.286. The number of anilines is 1. The van der Waals surface area contributed by atoms with Crippen LogP contribution in [0.1, 0.15) is 47.7 Å². The monoisotopic (exact) mass is 490 g/mol. The standard InChI is InChI=1S/C26H28F2N2O5.2H2/c1-24(2,3)22-11-15-10-17(5-6-19(15)30(22)13-18(32)14-31)29-23(33)25(8-9-25)16-4-7-20-21(12-16)35-26(27,28)34-20;;/h4-7,10-12,18,31-32H,8-9,13-14H2,1-3H3,(H,29,33);2*1H. The van der Waals surface area contributed by atoms with Crippen molar-refractivity contribution in [3.63, 3.8) is 0 Å². The Morgan fingerprint density at radius 2 is 1.86 bits per heavy atom. The molecule has 0 radical (unpaired) electrons. The third-order valence-electron chi connectivity index (χ3n) is 6.67. The topological polar surface area (TPSA) is 93.0 Å². The van der Waals surface area contributed by atoms with Crippen LogP contribution in [0.4, 0.5) is 14.5 Å². The van der Waals surface area contributed by atoms with E-state index < -0.39 is 17.8 Å². The molecule has 1 aliphatic carbocycles. The summed E-state index contributed by atoms with van der Waals surface area (Å²) < 4.78 is 37.8. The van der Waals surface area contributed by atoms with E-state index in [1.165, 1.54) is 12.1 Å². The van der Waals surface area contributed by atoms with Crippen molar-refractivity contribution in [1.29, 1.82) is 0 Å². The summed E-state index contributed by atoms with van der Waals surface area (Å²) in [4.78, 5) is 13.3. The maximum atomic E-state index is 13.4. The van der Waals surface area contributed by atoms with Crippen LogP contribution in [0.5, 0.6) is 11.5 Å². The highest BCUT2D eigenvalue weighted by atomic mass is 19.3. The molecule has 1 aliphatic heterocycles. The number of carbonyl (C=O) groups excluding carboxylic acids is 1. The van der Waals surface area contributed by atoms with Crippen molar-refractivity contribution in [3.05, 3.63) is 53.7 Å². The van der Waals surface area contributed by atoms with Crippen LogP contribution in [0, 0.1) is 0 Å². The lowest BCUT2D eigenvalue weighted by Gasteiger charge is -2.23. The van der Waals surface area contributed by atoms with Gasteiger partial charge in [0.05, 0.1) is 24.7 Å². The molecule has 3 aromatic rings. The number of aliphatic hydroxyl groups is 2. The summed E-state index contributed by atoms with van der Waals surface area (Å²) >= 11 is 0. The molecular weight excluding hydrogens is 458 g/mol. The van der Waals surface area contributed by atoms with Gasteiger partial charge in [0.2, 0.25) is 5.91 Å². The molecule has 9 heteroatoms. The number of carbonyl (C=O) groups is 1. The number of fused-ring (bicyclic) bond motifs is 2. The van der Waals surface area contributed by atoms with Crippen molar-refractivity contribution in [2.75, 3.05) is 11.9 Å². The van der Waals surface area contributed by atoms with E-state index in [-0.39, 0.29) is 38.8 Å². The van der Waals surface area contributed by atoms with Crippen molar-refractivity contribution >= 4 is 22.5 Å². The number of aromatic nitrogens is 1. The van der Waals surface area contributed by atoms with Crippen LogP contribution in [0.3, 0.4) is 0 Å². The molecule has 35 heavy (non-hydrogen) atoms. The minimum Gasteiger partial charge on any atom is -0.395 e. The van der Waals surface area contributed by atoms with Crippen molar-refractivity contribution in [3.8, 4) is 11.5 Å². The number of halogens is 2. The Balaban J connectivity index is 0.00000190. The molecular formula is C26H32F2N2O5. The molecule has 0 spiro atoms. The summed E-state index contributed by atoms with van der Waals surface area (Å²) in [5.74, 6) is -0.339. The molecule has 0 saturated heterocycles. The molecule has 2 aliphatic rings. The molecule has 1 atom stereocenters. The van der Waals surface area contributed by atoms with Gasteiger partial charge in [0.1, 0.15) is 0 Å².